The first kappa shape index (κ1) is 10.7. The largest absolute Gasteiger partial charge is 0.326 e. The number of rotatable bonds is 2. The Kier molecular flexibility index (Phi) is 3.46. The molecule has 1 aromatic carbocycles. The van der Waals surface area contributed by atoms with Crippen LogP contribution in [0.15, 0.2) is 12.1 Å². The highest BCUT2D eigenvalue weighted by Gasteiger charge is 2.17. The highest BCUT2D eigenvalue weighted by atomic mass is 127. The first-order valence-electron chi connectivity index (χ1n) is 3.38. The molecular weight excluding hydrogens is 306 g/mol. The molecule has 0 aliphatic carbocycles. The fourth-order valence-corrected chi connectivity index (χ4v) is 2.28. The average molecular weight is 312 g/mol. The number of halogens is 2. The highest BCUT2D eigenvalue weighted by Crippen LogP contribution is 2.28. The minimum absolute atomic E-state index is 0.0486. The molecule has 0 bridgehead atoms. The van der Waals surface area contributed by atoms with Crippen LogP contribution < -0.4 is 5.73 Å². The number of hydrogen-bond acceptors (Lipinski definition) is 3. The molecule has 2 N–H and O–H groups in total. The number of benzene rings is 1. The van der Waals surface area contributed by atoms with E-state index in [-0.39, 0.29) is 12.2 Å². The molecule has 0 amide bonds. The Hall–Kier alpha value is -0.400. The Labute approximate surface area is 93.4 Å². The molecule has 0 aliphatic rings. The van der Waals surface area contributed by atoms with E-state index < -0.39 is 4.92 Å². The third-order valence-corrected chi connectivity index (χ3v) is 2.55. The summed E-state index contributed by atoms with van der Waals surface area (Å²) in [6.07, 6.45) is 0. The second-order valence-corrected chi connectivity index (χ2v) is 3.96. The van der Waals surface area contributed by atoms with Crippen molar-refractivity contribution in [3.8, 4) is 0 Å². The standard InChI is InChI=1S/C7H6ClIN2O2/c8-5-1-4(3-10)7(11(12)13)6(9)2-5/h1-2H,3,10H2. The van der Waals surface area contributed by atoms with Crippen LogP contribution in [0.3, 0.4) is 0 Å². The van der Waals surface area contributed by atoms with Gasteiger partial charge in [0.25, 0.3) is 5.69 Å². The molecule has 0 heterocycles. The highest BCUT2D eigenvalue weighted by molar-refractivity contribution is 14.1. The van der Waals surface area contributed by atoms with E-state index in [1.165, 1.54) is 6.07 Å². The zero-order valence-electron chi connectivity index (χ0n) is 6.46. The Bertz CT molecular complexity index is 357. The summed E-state index contributed by atoms with van der Waals surface area (Å²) >= 11 is 7.59. The second-order valence-electron chi connectivity index (χ2n) is 2.36. The molecule has 0 spiro atoms. The van der Waals surface area contributed by atoms with Gasteiger partial charge in [0.1, 0.15) is 0 Å². The van der Waals surface area contributed by atoms with E-state index in [1.807, 2.05) is 22.6 Å². The average Bonchev–Trinajstić information content (AvgIpc) is 2.01. The van der Waals surface area contributed by atoms with Crippen molar-refractivity contribution >= 4 is 39.9 Å². The van der Waals surface area contributed by atoms with Crippen LogP contribution >= 0.6 is 34.2 Å². The molecule has 0 aliphatic heterocycles. The van der Waals surface area contributed by atoms with Crippen molar-refractivity contribution in [1.82, 2.24) is 0 Å². The molecule has 1 aromatic rings. The van der Waals surface area contributed by atoms with Crippen molar-refractivity contribution in [2.24, 2.45) is 5.73 Å². The van der Waals surface area contributed by atoms with Gasteiger partial charge < -0.3 is 5.73 Å². The summed E-state index contributed by atoms with van der Waals surface area (Å²) in [5, 5.41) is 11.1. The van der Waals surface area contributed by atoms with Gasteiger partial charge >= 0.3 is 0 Å². The summed E-state index contributed by atoms with van der Waals surface area (Å²) in [5.41, 5.74) is 5.87. The summed E-state index contributed by atoms with van der Waals surface area (Å²) in [6, 6.07) is 3.06. The zero-order valence-corrected chi connectivity index (χ0v) is 9.37. The lowest BCUT2D eigenvalue weighted by molar-refractivity contribution is -0.386. The summed E-state index contributed by atoms with van der Waals surface area (Å²) < 4.78 is 0.510. The van der Waals surface area contributed by atoms with Crippen LogP contribution in [0.1, 0.15) is 5.56 Å². The molecule has 0 saturated heterocycles. The van der Waals surface area contributed by atoms with Gasteiger partial charge in [-0.2, -0.15) is 0 Å². The Morgan fingerprint density at radius 3 is 2.69 bits per heavy atom. The summed E-state index contributed by atoms with van der Waals surface area (Å²) in [5.74, 6) is 0. The zero-order chi connectivity index (χ0) is 10.0. The molecule has 0 atom stereocenters. The van der Waals surface area contributed by atoms with Crippen LogP contribution in [0.25, 0.3) is 0 Å². The molecule has 0 saturated carbocycles. The maximum absolute atomic E-state index is 10.6. The van der Waals surface area contributed by atoms with Crippen LogP contribution in [0.4, 0.5) is 5.69 Å². The minimum atomic E-state index is -0.444. The summed E-state index contributed by atoms with van der Waals surface area (Å²) in [4.78, 5) is 10.2. The van der Waals surface area contributed by atoms with E-state index in [9.17, 15) is 10.1 Å². The maximum Gasteiger partial charge on any atom is 0.287 e. The fraction of sp³-hybridized carbons (Fsp3) is 0.143. The van der Waals surface area contributed by atoms with Crippen LogP contribution in [-0.2, 0) is 6.54 Å². The van der Waals surface area contributed by atoms with Gasteiger partial charge in [0.15, 0.2) is 0 Å². The van der Waals surface area contributed by atoms with E-state index in [0.29, 0.717) is 14.2 Å². The van der Waals surface area contributed by atoms with Crippen molar-refractivity contribution in [3.05, 3.63) is 36.4 Å². The van der Waals surface area contributed by atoms with Gasteiger partial charge in [0.05, 0.1) is 8.49 Å². The molecule has 4 nitrogen and oxygen atoms in total. The van der Waals surface area contributed by atoms with Gasteiger partial charge in [-0.05, 0) is 34.7 Å². The van der Waals surface area contributed by atoms with Gasteiger partial charge in [-0.15, -0.1) is 0 Å². The molecule has 0 fully saturated rings. The van der Waals surface area contributed by atoms with Gasteiger partial charge in [0, 0.05) is 17.1 Å². The molecule has 13 heavy (non-hydrogen) atoms. The van der Waals surface area contributed by atoms with Crippen molar-refractivity contribution < 1.29 is 4.92 Å². The lowest BCUT2D eigenvalue weighted by Gasteiger charge is -2.02. The Morgan fingerprint density at radius 1 is 1.62 bits per heavy atom. The van der Waals surface area contributed by atoms with Crippen molar-refractivity contribution in [2.75, 3.05) is 0 Å². The molecule has 1 rings (SSSR count). The van der Waals surface area contributed by atoms with Gasteiger partial charge in [-0.25, -0.2) is 0 Å². The summed E-state index contributed by atoms with van der Waals surface area (Å²) in [7, 11) is 0. The molecule has 6 heteroatoms. The number of nitro benzene ring substituents is 1. The van der Waals surface area contributed by atoms with E-state index in [4.69, 9.17) is 17.3 Å². The first-order chi connectivity index (χ1) is 6.06. The van der Waals surface area contributed by atoms with Crippen LogP contribution in [-0.4, -0.2) is 4.92 Å². The first-order valence-corrected chi connectivity index (χ1v) is 4.84. The maximum atomic E-state index is 10.6. The van der Waals surface area contributed by atoms with Gasteiger partial charge in [-0.1, -0.05) is 11.6 Å². The van der Waals surface area contributed by atoms with Crippen LogP contribution in [0, 0.1) is 13.7 Å². The quantitative estimate of drug-likeness (QED) is 0.517. The van der Waals surface area contributed by atoms with Crippen LogP contribution in [0.2, 0.25) is 5.02 Å². The summed E-state index contributed by atoms with van der Waals surface area (Å²) in [6.45, 7) is 0.118. The smallest absolute Gasteiger partial charge is 0.287 e. The Balaban J connectivity index is 3.38. The Morgan fingerprint density at radius 2 is 2.23 bits per heavy atom. The number of nitrogens with two attached hydrogens (primary N) is 1. The molecular formula is C7H6ClIN2O2. The van der Waals surface area contributed by atoms with Gasteiger partial charge in [0.2, 0.25) is 0 Å². The van der Waals surface area contributed by atoms with E-state index in [2.05, 4.69) is 0 Å². The molecule has 0 unspecified atom stereocenters. The monoisotopic (exact) mass is 312 g/mol. The normalized spacial score (nSPS) is 10.1. The minimum Gasteiger partial charge on any atom is -0.326 e. The van der Waals surface area contributed by atoms with E-state index >= 15 is 0 Å². The molecule has 0 radical (unpaired) electrons. The van der Waals surface area contributed by atoms with Crippen molar-refractivity contribution in [3.63, 3.8) is 0 Å². The SMILES string of the molecule is NCc1cc(Cl)cc(I)c1[N+](=O)[O-]. The van der Waals surface area contributed by atoms with E-state index in [1.54, 1.807) is 6.07 Å². The second kappa shape index (κ2) is 4.21. The number of nitrogens with zero attached hydrogens (tertiary/aromatic N) is 1. The molecule has 0 aromatic heterocycles. The van der Waals surface area contributed by atoms with Crippen molar-refractivity contribution in [2.45, 2.75) is 6.54 Å². The number of hydrogen-bond donors (Lipinski definition) is 1. The third-order valence-electron chi connectivity index (χ3n) is 1.51. The van der Waals surface area contributed by atoms with Crippen molar-refractivity contribution in [1.29, 1.82) is 0 Å². The predicted octanol–water partition coefficient (Wildman–Crippen LogP) is 2.31. The molecule has 70 valence electrons. The predicted molar refractivity (Wildman–Crippen MR) is 58.7 cm³/mol. The topological polar surface area (TPSA) is 69.2 Å². The third kappa shape index (κ3) is 2.29. The van der Waals surface area contributed by atoms with Crippen LogP contribution in [0.5, 0.6) is 0 Å². The fourth-order valence-electron chi connectivity index (χ4n) is 0.979. The van der Waals surface area contributed by atoms with Gasteiger partial charge in [-0.3, -0.25) is 10.1 Å². The van der Waals surface area contributed by atoms with E-state index in [0.717, 1.165) is 0 Å². The lowest BCUT2D eigenvalue weighted by Crippen LogP contribution is -2.03. The number of nitro groups is 1. The lowest BCUT2D eigenvalue weighted by atomic mass is 10.2.